The predicted octanol–water partition coefficient (Wildman–Crippen LogP) is 3.23. The molecule has 102 valence electrons. The number of rotatable bonds is 5. The van der Waals surface area contributed by atoms with Crippen LogP contribution in [0, 0.1) is 0 Å². The highest BCUT2D eigenvalue weighted by atomic mass is 79.9. The van der Waals surface area contributed by atoms with Crippen LogP contribution in [0.2, 0.25) is 0 Å². The maximum absolute atomic E-state index is 4.07. The molecular formula is C13H16Br2N4. The van der Waals surface area contributed by atoms with E-state index in [1.54, 1.807) is 6.33 Å². The highest BCUT2D eigenvalue weighted by Crippen LogP contribution is 2.26. The van der Waals surface area contributed by atoms with E-state index >= 15 is 0 Å². The molecule has 6 heteroatoms. The number of nitrogens with one attached hydrogen (secondary N) is 1. The summed E-state index contributed by atoms with van der Waals surface area (Å²) in [5.74, 6) is 0.995. The van der Waals surface area contributed by atoms with E-state index in [0.29, 0.717) is 0 Å². The number of hydrogen-bond acceptors (Lipinski definition) is 3. The highest BCUT2D eigenvalue weighted by Gasteiger charge is 2.09. The fraction of sp³-hybridized carbons (Fsp3) is 0.385. The first-order valence-corrected chi connectivity index (χ1v) is 7.67. The minimum atomic E-state index is 0.288. The second kappa shape index (κ2) is 6.63. The third-order valence-electron chi connectivity index (χ3n) is 3.03. The van der Waals surface area contributed by atoms with Gasteiger partial charge in [0, 0.05) is 35.0 Å². The van der Waals surface area contributed by atoms with Crippen LogP contribution in [0.1, 0.15) is 24.4 Å². The molecule has 2 aromatic rings. The van der Waals surface area contributed by atoms with Crippen LogP contribution in [0.15, 0.2) is 33.5 Å². The van der Waals surface area contributed by atoms with E-state index in [1.807, 2.05) is 11.6 Å². The zero-order chi connectivity index (χ0) is 13.8. The Morgan fingerprint density at radius 2 is 2.16 bits per heavy atom. The second-order valence-corrected chi connectivity index (χ2v) is 6.22. The quantitative estimate of drug-likeness (QED) is 0.856. The van der Waals surface area contributed by atoms with Gasteiger partial charge in [-0.2, -0.15) is 0 Å². The Morgan fingerprint density at radius 1 is 1.37 bits per heavy atom. The van der Waals surface area contributed by atoms with Crippen LogP contribution in [-0.2, 0) is 13.5 Å². The van der Waals surface area contributed by atoms with Gasteiger partial charge in [-0.15, -0.1) is 10.2 Å². The molecule has 19 heavy (non-hydrogen) atoms. The van der Waals surface area contributed by atoms with Crippen LogP contribution in [0.3, 0.4) is 0 Å². The summed E-state index contributed by atoms with van der Waals surface area (Å²) >= 11 is 7.06. The van der Waals surface area contributed by atoms with Gasteiger partial charge in [-0.25, -0.2) is 0 Å². The fourth-order valence-corrected chi connectivity index (χ4v) is 3.29. The minimum absolute atomic E-state index is 0.288. The number of halogens is 2. The molecule has 1 heterocycles. The van der Waals surface area contributed by atoms with Gasteiger partial charge in [-0.3, -0.25) is 0 Å². The molecule has 1 atom stereocenters. The van der Waals surface area contributed by atoms with Crippen LogP contribution in [0.4, 0.5) is 0 Å². The van der Waals surface area contributed by atoms with Crippen molar-refractivity contribution in [3.8, 4) is 0 Å². The van der Waals surface area contributed by atoms with Crippen molar-refractivity contribution < 1.29 is 0 Å². The smallest absolute Gasteiger partial charge is 0.133 e. The van der Waals surface area contributed by atoms with E-state index in [4.69, 9.17) is 0 Å². The summed E-state index contributed by atoms with van der Waals surface area (Å²) in [6, 6.07) is 6.53. The molecule has 0 aliphatic heterocycles. The number of benzene rings is 1. The van der Waals surface area contributed by atoms with Gasteiger partial charge in [0.15, 0.2) is 0 Å². The van der Waals surface area contributed by atoms with E-state index in [9.17, 15) is 0 Å². The van der Waals surface area contributed by atoms with Crippen LogP contribution in [0.5, 0.6) is 0 Å². The third-order valence-corrected chi connectivity index (χ3v) is 4.21. The van der Waals surface area contributed by atoms with E-state index < -0.39 is 0 Å². The van der Waals surface area contributed by atoms with Gasteiger partial charge in [-0.1, -0.05) is 37.9 Å². The van der Waals surface area contributed by atoms with Crippen LogP contribution in [0.25, 0.3) is 0 Å². The van der Waals surface area contributed by atoms with Crippen molar-refractivity contribution in [3.63, 3.8) is 0 Å². The van der Waals surface area contributed by atoms with Crippen molar-refractivity contribution in [2.75, 3.05) is 6.54 Å². The van der Waals surface area contributed by atoms with Gasteiger partial charge in [0.25, 0.3) is 0 Å². The molecule has 0 radical (unpaired) electrons. The van der Waals surface area contributed by atoms with Crippen molar-refractivity contribution in [2.24, 2.45) is 7.05 Å². The lowest BCUT2D eigenvalue weighted by Crippen LogP contribution is -2.22. The third kappa shape index (κ3) is 3.87. The first kappa shape index (κ1) is 14.7. The fourth-order valence-electron chi connectivity index (χ4n) is 1.90. The van der Waals surface area contributed by atoms with Gasteiger partial charge in [0.05, 0.1) is 0 Å². The summed E-state index contributed by atoms with van der Waals surface area (Å²) < 4.78 is 4.14. The molecular weight excluding hydrogens is 372 g/mol. The summed E-state index contributed by atoms with van der Waals surface area (Å²) in [5.41, 5.74) is 1.25. The van der Waals surface area contributed by atoms with E-state index in [2.05, 4.69) is 72.5 Å². The van der Waals surface area contributed by atoms with Crippen LogP contribution in [-0.4, -0.2) is 21.3 Å². The average Bonchev–Trinajstić information content (AvgIpc) is 2.75. The van der Waals surface area contributed by atoms with Crippen molar-refractivity contribution in [3.05, 3.63) is 44.9 Å². The highest BCUT2D eigenvalue weighted by molar-refractivity contribution is 9.11. The van der Waals surface area contributed by atoms with Gasteiger partial charge in [0.1, 0.15) is 12.2 Å². The zero-order valence-electron chi connectivity index (χ0n) is 10.9. The Labute approximate surface area is 129 Å². The maximum Gasteiger partial charge on any atom is 0.133 e. The van der Waals surface area contributed by atoms with Crippen molar-refractivity contribution >= 4 is 31.9 Å². The first-order valence-electron chi connectivity index (χ1n) is 6.09. The Kier molecular flexibility index (Phi) is 5.13. The Morgan fingerprint density at radius 3 is 2.79 bits per heavy atom. The largest absolute Gasteiger partial charge is 0.321 e. The molecule has 0 saturated carbocycles. The summed E-state index contributed by atoms with van der Waals surface area (Å²) in [6.07, 6.45) is 2.60. The first-order chi connectivity index (χ1) is 9.08. The minimum Gasteiger partial charge on any atom is -0.321 e. The topological polar surface area (TPSA) is 42.7 Å². The van der Waals surface area contributed by atoms with Gasteiger partial charge >= 0.3 is 0 Å². The predicted molar refractivity (Wildman–Crippen MR) is 83.0 cm³/mol. The van der Waals surface area contributed by atoms with Gasteiger partial charge in [-0.05, 0) is 24.6 Å². The molecule has 0 saturated heterocycles. The summed E-state index contributed by atoms with van der Waals surface area (Å²) in [7, 11) is 1.96. The maximum atomic E-state index is 4.07. The van der Waals surface area contributed by atoms with Gasteiger partial charge in [0.2, 0.25) is 0 Å². The lowest BCUT2D eigenvalue weighted by Gasteiger charge is -2.16. The Balaban J connectivity index is 1.91. The lowest BCUT2D eigenvalue weighted by atomic mass is 10.1. The number of aryl methyl sites for hydroxylation is 1. The lowest BCUT2D eigenvalue weighted by molar-refractivity contribution is 0.563. The molecule has 0 amide bonds. The van der Waals surface area contributed by atoms with Crippen LogP contribution >= 0.6 is 31.9 Å². The molecule has 0 bridgehead atoms. The number of nitrogens with zero attached hydrogens (tertiary/aromatic N) is 3. The average molecular weight is 388 g/mol. The summed E-state index contributed by atoms with van der Waals surface area (Å²) in [6.45, 7) is 3.03. The SMILES string of the molecule is CC(NCCc1nncn1C)c1ccc(Br)cc1Br. The molecule has 0 aliphatic rings. The van der Waals surface area contributed by atoms with Gasteiger partial charge < -0.3 is 9.88 Å². The Hall–Kier alpha value is -0.720. The summed E-state index contributed by atoms with van der Waals surface area (Å²) in [4.78, 5) is 0. The molecule has 2 rings (SSSR count). The number of aromatic nitrogens is 3. The monoisotopic (exact) mass is 386 g/mol. The van der Waals surface area contributed by atoms with Crippen molar-refractivity contribution in [2.45, 2.75) is 19.4 Å². The molecule has 1 aromatic carbocycles. The zero-order valence-corrected chi connectivity index (χ0v) is 14.1. The molecule has 0 fully saturated rings. The normalized spacial score (nSPS) is 12.6. The molecule has 4 nitrogen and oxygen atoms in total. The molecule has 1 aromatic heterocycles. The van der Waals surface area contributed by atoms with E-state index in [1.165, 1.54) is 5.56 Å². The standard InChI is InChI=1S/C13H16Br2N4/c1-9(11-4-3-10(14)7-12(11)15)16-6-5-13-18-17-8-19(13)2/h3-4,7-9,16H,5-6H2,1-2H3. The summed E-state index contributed by atoms with van der Waals surface area (Å²) in [5, 5.41) is 11.4. The molecule has 1 unspecified atom stereocenters. The van der Waals surface area contributed by atoms with E-state index in [-0.39, 0.29) is 6.04 Å². The molecule has 0 spiro atoms. The van der Waals surface area contributed by atoms with E-state index in [0.717, 1.165) is 27.7 Å². The van der Waals surface area contributed by atoms with Crippen molar-refractivity contribution in [1.82, 2.24) is 20.1 Å². The molecule has 1 N–H and O–H groups in total. The second-order valence-electron chi connectivity index (χ2n) is 4.45. The molecule has 0 aliphatic carbocycles. The number of hydrogen-bond donors (Lipinski definition) is 1. The van der Waals surface area contributed by atoms with Crippen LogP contribution < -0.4 is 5.32 Å². The Bertz CT molecular complexity index is 553. The van der Waals surface area contributed by atoms with Crippen molar-refractivity contribution in [1.29, 1.82) is 0 Å².